The van der Waals surface area contributed by atoms with Crippen molar-refractivity contribution in [1.29, 1.82) is 5.26 Å². The average molecular weight is 350 g/mol. The Balaban J connectivity index is 1.94. The van der Waals surface area contributed by atoms with Gasteiger partial charge in [-0.05, 0) is 49.4 Å². The van der Waals surface area contributed by atoms with Gasteiger partial charge in [-0.1, -0.05) is 0 Å². The summed E-state index contributed by atoms with van der Waals surface area (Å²) in [5.41, 5.74) is 2.38. The van der Waals surface area contributed by atoms with Gasteiger partial charge >= 0.3 is 5.97 Å². The highest BCUT2D eigenvalue weighted by atomic mass is 16.5. The van der Waals surface area contributed by atoms with E-state index in [0.717, 1.165) is 16.6 Å². The Hall–Kier alpha value is -3.30. The van der Waals surface area contributed by atoms with Crippen LogP contribution in [0, 0.1) is 11.3 Å². The van der Waals surface area contributed by atoms with Crippen LogP contribution < -0.4 is 4.74 Å². The monoisotopic (exact) mass is 350 g/mol. The van der Waals surface area contributed by atoms with Crippen LogP contribution in [0.4, 0.5) is 0 Å². The molecule has 1 N–H and O–H groups in total. The number of rotatable bonds is 7. The van der Waals surface area contributed by atoms with Crippen LogP contribution in [0.1, 0.15) is 22.8 Å². The summed E-state index contributed by atoms with van der Waals surface area (Å²) < 4.78 is 12.8. The van der Waals surface area contributed by atoms with Gasteiger partial charge in [0.15, 0.2) is 0 Å². The lowest BCUT2D eigenvalue weighted by Gasteiger charge is -2.08. The van der Waals surface area contributed by atoms with Gasteiger partial charge in [-0.25, -0.2) is 4.79 Å². The standard InChI is InChI=1S/C20H18N2O4/c1-2-25-9-10-26-17-7-8-19-18(11-17)15(12-21)13-22(19)16-5-3-14(4-6-16)20(23)24/h3-8,11,13H,2,9-10H2,1H3,(H,23,24). The van der Waals surface area contributed by atoms with Crippen molar-refractivity contribution in [3.63, 3.8) is 0 Å². The first-order valence-corrected chi connectivity index (χ1v) is 8.23. The van der Waals surface area contributed by atoms with Crippen molar-refractivity contribution in [2.24, 2.45) is 0 Å². The molecule has 0 radical (unpaired) electrons. The van der Waals surface area contributed by atoms with E-state index < -0.39 is 5.97 Å². The van der Waals surface area contributed by atoms with Crippen LogP contribution >= 0.6 is 0 Å². The normalized spacial score (nSPS) is 10.6. The fourth-order valence-electron chi connectivity index (χ4n) is 2.73. The minimum Gasteiger partial charge on any atom is -0.491 e. The molecular weight excluding hydrogens is 332 g/mol. The average Bonchev–Trinajstić information content (AvgIpc) is 3.03. The van der Waals surface area contributed by atoms with E-state index in [1.54, 1.807) is 30.5 Å². The van der Waals surface area contributed by atoms with Crippen molar-refractivity contribution in [3.05, 3.63) is 59.8 Å². The predicted octanol–water partition coefficient (Wildman–Crippen LogP) is 3.62. The molecule has 0 spiro atoms. The zero-order valence-corrected chi connectivity index (χ0v) is 14.3. The molecule has 0 atom stereocenters. The van der Waals surface area contributed by atoms with E-state index in [1.165, 1.54) is 0 Å². The van der Waals surface area contributed by atoms with Gasteiger partial charge < -0.3 is 19.1 Å². The van der Waals surface area contributed by atoms with Crippen LogP contribution in [0.25, 0.3) is 16.6 Å². The van der Waals surface area contributed by atoms with E-state index in [9.17, 15) is 10.1 Å². The maximum absolute atomic E-state index is 11.0. The van der Waals surface area contributed by atoms with Crippen LogP contribution in [-0.2, 0) is 4.74 Å². The molecule has 0 aliphatic carbocycles. The molecule has 0 saturated carbocycles. The maximum Gasteiger partial charge on any atom is 0.335 e. The Kier molecular flexibility index (Phi) is 5.20. The summed E-state index contributed by atoms with van der Waals surface area (Å²) in [5, 5.41) is 19.3. The minimum absolute atomic E-state index is 0.218. The maximum atomic E-state index is 11.0. The number of carboxylic acid groups (broad SMARTS) is 1. The highest BCUT2D eigenvalue weighted by molar-refractivity contribution is 5.90. The number of carboxylic acids is 1. The summed E-state index contributed by atoms with van der Waals surface area (Å²) in [6, 6.07) is 14.3. The number of hydrogen-bond acceptors (Lipinski definition) is 4. The van der Waals surface area contributed by atoms with Gasteiger partial charge in [0, 0.05) is 23.9 Å². The third-order valence-electron chi connectivity index (χ3n) is 3.99. The summed E-state index contributed by atoms with van der Waals surface area (Å²) in [4.78, 5) is 11.0. The first kappa shape index (κ1) is 17.5. The molecule has 0 fully saturated rings. The third kappa shape index (κ3) is 3.53. The number of fused-ring (bicyclic) bond motifs is 1. The van der Waals surface area contributed by atoms with Crippen LogP contribution in [-0.4, -0.2) is 35.5 Å². The van der Waals surface area contributed by atoms with E-state index in [4.69, 9.17) is 14.6 Å². The molecule has 2 aromatic carbocycles. The Morgan fingerprint density at radius 3 is 2.62 bits per heavy atom. The summed E-state index contributed by atoms with van der Waals surface area (Å²) in [5.74, 6) is -0.298. The van der Waals surface area contributed by atoms with Crippen molar-refractivity contribution < 1.29 is 19.4 Å². The largest absolute Gasteiger partial charge is 0.491 e. The number of aromatic nitrogens is 1. The lowest BCUT2D eigenvalue weighted by molar-refractivity contribution is 0.0697. The predicted molar refractivity (Wildman–Crippen MR) is 96.9 cm³/mol. The fraction of sp³-hybridized carbons (Fsp3) is 0.200. The lowest BCUT2D eigenvalue weighted by Crippen LogP contribution is -2.06. The molecule has 0 saturated heterocycles. The molecule has 3 aromatic rings. The Morgan fingerprint density at radius 2 is 1.96 bits per heavy atom. The zero-order chi connectivity index (χ0) is 18.5. The van der Waals surface area contributed by atoms with Crippen molar-refractivity contribution in [3.8, 4) is 17.5 Å². The molecule has 3 rings (SSSR count). The second kappa shape index (κ2) is 7.72. The third-order valence-corrected chi connectivity index (χ3v) is 3.99. The van der Waals surface area contributed by atoms with Crippen LogP contribution in [0.3, 0.4) is 0 Å². The molecule has 0 aliphatic heterocycles. The van der Waals surface area contributed by atoms with Gasteiger partial charge in [0.05, 0.1) is 23.3 Å². The van der Waals surface area contributed by atoms with Crippen LogP contribution in [0.2, 0.25) is 0 Å². The number of hydrogen-bond donors (Lipinski definition) is 1. The summed E-state index contributed by atoms with van der Waals surface area (Å²) in [6.45, 7) is 3.52. The van der Waals surface area contributed by atoms with E-state index in [2.05, 4.69) is 6.07 Å². The number of carbonyl (C=O) groups is 1. The highest BCUT2D eigenvalue weighted by Gasteiger charge is 2.12. The summed E-state index contributed by atoms with van der Waals surface area (Å²) in [6.07, 6.45) is 1.74. The fourth-order valence-corrected chi connectivity index (χ4v) is 2.73. The smallest absolute Gasteiger partial charge is 0.335 e. The van der Waals surface area contributed by atoms with Gasteiger partial charge in [-0.3, -0.25) is 0 Å². The summed E-state index contributed by atoms with van der Waals surface area (Å²) >= 11 is 0. The molecule has 0 bridgehead atoms. The number of nitrogens with zero attached hydrogens (tertiary/aromatic N) is 2. The van der Waals surface area contributed by atoms with Crippen LogP contribution in [0.5, 0.6) is 5.75 Å². The lowest BCUT2D eigenvalue weighted by atomic mass is 10.2. The quantitative estimate of drug-likeness (QED) is 0.658. The molecule has 0 unspecified atom stereocenters. The second-order valence-electron chi connectivity index (χ2n) is 5.60. The van der Waals surface area contributed by atoms with E-state index >= 15 is 0 Å². The Bertz CT molecular complexity index is 968. The Morgan fingerprint density at radius 1 is 1.19 bits per heavy atom. The number of nitriles is 1. The molecule has 132 valence electrons. The molecule has 1 aromatic heterocycles. The second-order valence-corrected chi connectivity index (χ2v) is 5.60. The van der Waals surface area contributed by atoms with Crippen molar-refractivity contribution in [2.75, 3.05) is 19.8 Å². The number of aromatic carboxylic acids is 1. The van der Waals surface area contributed by atoms with Gasteiger partial charge in [0.2, 0.25) is 0 Å². The SMILES string of the molecule is CCOCCOc1ccc2c(c1)c(C#N)cn2-c1ccc(C(=O)O)cc1. The molecule has 6 nitrogen and oxygen atoms in total. The molecule has 26 heavy (non-hydrogen) atoms. The minimum atomic E-state index is -0.972. The van der Waals surface area contributed by atoms with E-state index in [1.807, 2.05) is 29.7 Å². The van der Waals surface area contributed by atoms with Gasteiger partial charge in [-0.15, -0.1) is 0 Å². The van der Waals surface area contributed by atoms with E-state index in [0.29, 0.717) is 31.1 Å². The molecule has 0 aliphatic rings. The van der Waals surface area contributed by atoms with Crippen molar-refractivity contribution in [1.82, 2.24) is 4.57 Å². The number of benzene rings is 2. The summed E-state index contributed by atoms with van der Waals surface area (Å²) in [7, 11) is 0. The molecule has 6 heteroatoms. The number of ether oxygens (including phenoxy) is 2. The molecule has 0 amide bonds. The Labute approximate surface area is 150 Å². The topological polar surface area (TPSA) is 84.5 Å². The molecule has 1 heterocycles. The first-order chi connectivity index (χ1) is 12.6. The highest BCUT2D eigenvalue weighted by Crippen LogP contribution is 2.28. The zero-order valence-electron chi connectivity index (χ0n) is 14.3. The van der Waals surface area contributed by atoms with E-state index in [-0.39, 0.29) is 5.56 Å². The first-order valence-electron chi connectivity index (χ1n) is 8.23. The van der Waals surface area contributed by atoms with Crippen molar-refractivity contribution >= 4 is 16.9 Å². The van der Waals surface area contributed by atoms with Crippen molar-refractivity contribution in [2.45, 2.75) is 6.92 Å². The van der Waals surface area contributed by atoms with Gasteiger partial charge in [0.1, 0.15) is 18.4 Å². The van der Waals surface area contributed by atoms with Crippen LogP contribution in [0.15, 0.2) is 48.7 Å². The van der Waals surface area contributed by atoms with Gasteiger partial charge in [0.25, 0.3) is 0 Å². The molecular formula is C20H18N2O4. The van der Waals surface area contributed by atoms with Gasteiger partial charge in [-0.2, -0.15) is 5.26 Å².